The first-order chi connectivity index (χ1) is 11.3. The summed E-state index contributed by atoms with van der Waals surface area (Å²) in [5.41, 5.74) is 1.72. The number of aromatic amines is 1. The molecule has 4 rings (SSSR count). The largest absolute Gasteiger partial charge is 0.467 e. The van der Waals surface area contributed by atoms with Gasteiger partial charge in [0.15, 0.2) is 5.17 Å². The predicted octanol–water partition coefficient (Wildman–Crippen LogP) is 3.76. The maximum atomic E-state index is 12.0. The summed E-state index contributed by atoms with van der Waals surface area (Å²) < 4.78 is 5.24. The highest BCUT2D eigenvalue weighted by molar-refractivity contribution is 8.18. The van der Waals surface area contributed by atoms with Gasteiger partial charge in [-0.25, -0.2) is 4.98 Å². The fourth-order valence-corrected chi connectivity index (χ4v) is 3.10. The lowest BCUT2D eigenvalue weighted by Crippen LogP contribution is -2.17. The van der Waals surface area contributed by atoms with Gasteiger partial charge in [-0.1, -0.05) is 0 Å². The summed E-state index contributed by atoms with van der Waals surface area (Å²) in [7, 11) is 0. The second-order valence-corrected chi connectivity index (χ2v) is 5.94. The monoisotopic (exact) mass is 396 g/mol. The molecule has 0 aromatic carbocycles. The Morgan fingerprint density at radius 2 is 2.16 bits per heavy atom. The Morgan fingerprint density at radius 1 is 1.28 bits per heavy atom. The molecule has 1 aliphatic rings. The molecule has 4 heterocycles. The highest BCUT2D eigenvalue weighted by Crippen LogP contribution is 2.29. The van der Waals surface area contributed by atoms with Gasteiger partial charge in [0.05, 0.1) is 17.7 Å². The van der Waals surface area contributed by atoms with Gasteiger partial charge in [-0.05, 0) is 42.1 Å². The number of nitrogens with zero attached hydrogens (tertiary/aromatic N) is 2. The van der Waals surface area contributed by atoms with E-state index in [0.717, 1.165) is 22.4 Å². The summed E-state index contributed by atoms with van der Waals surface area (Å²) in [6, 6.07) is 7.52. The molecule has 25 heavy (non-hydrogen) atoms. The fourth-order valence-electron chi connectivity index (χ4n) is 2.30. The molecule has 1 amide bonds. The van der Waals surface area contributed by atoms with E-state index in [9.17, 15) is 4.79 Å². The van der Waals surface area contributed by atoms with Gasteiger partial charge in [-0.15, -0.1) is 24.8 Å². The van der Waals surface area contributed by atoms with Crippen LogP contribution in [0.3, 0.4) is 0 Å². The zero-order valence-electron chi connectivity index (χ0n) is 12.8. The van der Waals surface area contributed by atoms with E-state index in [2.05, 4.69) is 20.3 Å². The molecule has 0 unspecified atom stereocenters. The van der Waals surface area contributed by atoms with Crippen molar-refractivity contribution in [2.45, 2.75) is 6.54 Å². The van der Waals surface area contributed by atoms with Crippen LogP contribution in [0, 0.1) is 0 Å². The molecule has 130 valence electrons. The summed E-state index contributed by atoms with van der Waals surface area (Å²) in [6.45, 7) is 0.496. The van der Waals surface area contributed by atoms with Crippen molar-refractivity contribution < 1.29 is 9.21 Å². The molecule has 6 nitrogen and oxygen atoms in total. The number of thioether (sulfide) groups is 1. The average molecular weight is 397 g/mol. The molecule has 0 bridgehead atoms. The van der Waals surface area contributed by atoms with Crippen LogP contribution in [0.1, 0.15) is 11.3 Å². The molecule has 0 saturated heterocycles. The first-order valence-electron chi connectivity index (χ1n) is 7.00. The number of hydrogen-bond donors (Lipinski definition) is 2. The van der Waals surface area contributed by atoms with Gasteiger partial charge < -0.3 is 14.7 Å². The minimum Gasteiger partial charge on any atom is -0.467 e. The second kappa shape index (κ2) is 8.24. The average Bonchev–Trinajstić information content (AvgIpc) is 3.28. The minimum absolute atomic E-state index is 0. The van der Waals surface area contributed by atoms with Crippen molar-refractivity contribution >= 4 is 64.8 Å². The van der Waals surface area contributed by atoms with Crippen LogP contribution in [0.15, 0.2) is 57.2 Å². The Kier molecular flexibility index (Phi) is 6.30. The number of H-pyrrole nitrogens is 1. The van der Waals surface area contributed by atoms with Gasteiger partial charge in [0.2, 0.25) is 0 Å². The molecular formula is C16H14Cl2N4O2S. The minimum atomic E-state index is -0.241. The molecule has 9 heteroatoms. The molecule has 2 N–H and O–H groups in total. The maximum absolute atomic E-state index is 12.0. The Hall–Kier alpha value is -2.22. The molecule has 0 fully saturated rings. The van der Waals surface area contributed by atoms with Gasteiger partial charge in [-0.3, -0.25) is 4.79 Å². The third kappa shape index (κ3) is 4.07. The highest BCUT2D eigenvalue weighted by Gasteiger charge is 2.22. The number of fused-ring (bicyclic) bond motifs is 1. The number of aromatic nitrogens is 2. The van der Waals surface area contributed by atoms with Gasteiger partial charge in [0.1, 0.15) is 11.4 Å². The lowest BCUT2D eigenvalue weighted by molar-refractivity contribution is -0.113. The van der Waals surface area contributed by atoms with Crippen molar-refractivity contribution in [3.05, 3.63) is 59.2 Å². The van der Waals surface area contributed by atoms with Crippen LogP contribution in [0.25, 0.3) is 17.1 Å². The van der Waals surface area contributed by atoms with Gasteiger partial charge in [-0.2, -0.15) is 4.99 Å². The van der Waals surface area contributed by atoms with Crippen LogP contribution in [0.5, 0.6) is 0 Å². The number of amides is 1. The normalized spacial score (nSPS) is 15.0. The highest BCUT2D eigenvalue weighted by atomic mass is 35.5. The van der Waals surface area contributed by atoms with Crippen molar-refractivity contribution in [1.82, 2.24) is 15.3 Å². The predicted molar refractivity (Wildman–Crippen MR) is 104 cm³/mol. The third-order valence-corrected chi connectivity index (χ3v) is 4.33. The smallest absolute Gasteiger partial charge is 0.286 e. The van der Waals surface area contributed by atoms with Crippen molar-refractivity contribution in [1.29, 1.82) is 0 Å². The van der Waals surface area contributed by atoms with Crippen LogP contribution in [-0.4, -0.2) is 21.0 Å². The number of nitrogens with one attached hydrogen (secondary N) is 2. The first kappa shape index (κ1) is 19.1. The Balaban J connectivity index is 0.00000113. The Labute approximate surface area is 160 Å². The summed E-state index contributed by atoms with van der Waals surface area (Å²) in [5.74, 6) is 0.552. The summed E-state index contributed by atoms with van der Waals surface area (Å²) >= 11 is 1.32. The molecule has 1 aliphatic heterocycles. The lowest BCUT2D eigenvalue weighted by Gasteiger charge is -2.01. The molecule has 3 aromatic rings. The molecule has 3 aromatic heterocycles. The van der Waals surface area contributed by atoms with Gasteiger partial charge >= 0.3 is 0 Å². The zero-order valence-corrected chi connectivity index (χ0v) is 15.2. The van der Waals surface area contributed by atoms with E-state index >= 15 is 0 Å². The molecule has 0 atom stereocenters. The maximum Gasteiger partial charge on any atom is 0.286 e. The van der Waals surface area contributed by atoms with Crippen molar-refractivity contribution in [2.24, 2.45) is 4.99 Å². The van der Waals surface area contributed by atoms with E-state index in [1.807, 2.05) is 36.5 Å². The number of pyridine rings is 1. The van der Waals surface area contributed by atoms with E-state index in [1.54, 1.807) is 12.5 Å². The third-order valence-electron chi connectivity index (χ3n) is 3.38. The van der Waals surface area contributed by atoms with Gasteiger partial charge in [0, 0.05) is 23.3 Å². The van der Waals surface area contributed by atoms with Crippen LogP contribution < -0.4 is 5.32 Å². The number of hydrogen-bond acceptors (Lipinski definition) is 5. The van der Waals surface area contributed by atoms with E-state index in [-0.39, 0.29) is 30.7 Å². The number of furan rings is 1. The van der Waals surface area contributed by atoms with E-state index in [0.29, 0.717) is 16.6 Å². The van der Waals surface area contributed by atoms with Crippen LogP contribution in [0.4, 0.5) is 0 Å². The molecule has 0 saturated carbocycles. The Morgan fingerprint density at radius 3 is 2.96 bits per heavy atom. The van der Waals surface area contributed by atoms with Crippen molar-refractivity contribution in [3.8, 4) is 0 Å². The van der Waals surface area contributed by atoms with Gasteiger partial charge in [0.25, 0.3) is 5.91 Å². The van der Waals surface area contributed by atoms with E-state index in [4.69, 9.17) is 4.42 Å². The fraction of sp³-hybridized carbons (Fsp3) is 0.0625. The summed E-state index contributed by atoms with van der Waals surface area (Å²) in [6.07, 6.45) is 7.01. The number of halogens is 2. The number of amidine groups is 1. The quantitative estimate of drug-likeness (QED) is 0.658. The summed E-state index contributed by atoms with van der Waals surface area (Å²) in [4.78, 5) is 24.0. The van der Waals surface area contributed by atoms with E-state index < -0.39 is 0 Å². The molecule has 0 spiro atoms. The standard InChI is InChI=1S/C16H12N4O2S.2ClH/c21-15-13(7-10-8-18-14-12(10)4-1-5-17-14)23-16(20-15)19-9-11-3-2-6-22-11;;/h1-8H,9H2,(H,17,18)(H,19,20,21);2*1H. The molecule has 0 aliphatic carbocycles. The Bertz CT molecular complexity index is 935. The number of carbonyl (C=O) groups is 1. The van der Waals surface area contributed by atoms with Crippen LogP contribution in [-0.2, 0) is 11.3 Å². The molecule has 0 radical (unpaired) electrons. The first-order valence-corrected chi connectivity index (χ1v) is 7.82. The summed E-state index contributed by atoms with van der Waals surface area (Å²) in [5, 5.41) is 4.66. The number of aliphatic imine (C=N–C) groups is 1. The van der Waals surface area contributed by atoms with Crippen LogP contribution in [0.2, 0.25) is 0 Å². The second-order valence-electron chi connectivity index (χ2n) is 4.91. The number of carbonyl (C=O) groups excluding carboxylic acids is 1. The zero-order chi connectivity index (χ0) is 15.6. The van der Waals surface area contributed by atoms with Crippen LogP contribution >= 0.6 is 36.6 Å². The lowest BCUT2D eigenvalue weighted by atomic mass is 10.2. The SMILES string of the molecule is Cl.Cl.O=C1N=C(NCc2ccco2)SC1=Cc1c[nH]c2ncccc12. The molecular weight excluding hydrogens is 383 g/mol. The van der Waals surface area contributed by atoms with Crippen molar-refractivity contribution in [3.63, 3.8) is 0 Å². The topological polar surface area (TPSA) is 83.3 Å². The number of rotatable bonds is 3. The van der Waals surface area contributed by atoms with E-state index in [1.165, 1.54) is 11.8 Å². The van der Waals surface area contributed by atoms with Crippen molar-refractivity contribution in [2.75, 3.05) is 0 Å².